The van der Waals surface area contributed by atoms with Gasteiger partial charge in [0, 0.05) is 19.3 Å². The molecule has 14 heavy (non-hydrogen) atoms. The molecule has 1 aliphatic rings. The van der Waals surface area contributed by atoms with Crippen LogP contribution in [0.25, 0.3) is 12.2 Å². The highest BCUT2D eigenvalue weighted by atomic mass is 16.1. The topological polar surface area (TPSA) is 22.0 Å². The first-order valence-corrected chi connectivity index (χ1v) is 4.66. The lowest BCUT2D eigenvalue weighted by molar-refractivity contribution is 0.856. The van der Waals surface area contributed by atoms with E-state index in [4.69, 9.17) is 0 Å². The maximum Gasteiger partial charge on any atom is 0.258 e. The van der Waals surface area contributed by atoms with Crippen molar-refractivity contribution in [3.05, 3.63) is 45.2 Å². The monoisotopic (exact) mass is 187 g/mol. The summed E-state index contributed by atoms with van der Waals surface area (Å²) in [4.78, 5) is 11.5. The zero-order valence-corrected chi connectivity index (χ0v) is 8.66. The number of hydrogen-bond acceptors (Lipinski definition) is 1. The van der Waals surface area contributed by atoms with Gasteiger partial charge in [0.15, 0.2) is 0 Å². The Labute approximate surface area is 83.5 Å². The van der Waals surface area contributed by atoms with Gasteiger partial charge in [-0.1, -0.05) is 25.3 Å². The lowest BCUT2D eigenvalue weighted by atomic mass is 10.1. The van der Waals surface area contributed by atoms with E-state index in [0.29, 0.717) is 5.56 Å². The van der Waals surface area contributed by atoms with Crippen LogP contribution in [0.4, 0.5) is 0 Å². The molecule has 0 amide bonds. The molecule has 0 saturated heterocycles. The van der Waals surface area contributed by atoms with Crippen LogP contribution in [0, 0.1) is 0 Å². The Morgan fingerprint density at radius 3 is 2.57 bits per heavy atom. The first-order valence-electron chi connectivity index (χ1n) is 4.66. The van der Waals surface area contributed by atoms with Crippen LogP contribution < -0.4 is 5.56 Å². The van der Waals surface area contributed by atoms with Gasteiger partial charge in [-0.3, -0.25) is 4.79 Å². The third-order valence-electron chi connectivity index (χ3n) is 1.87. The van der Waals surface area contributed by atoms with Crippen molar-refractivity contribution in [1.82, 2.24) is 4.57 Å². The summed E-state index contributed by atoms with van der Waals surface area (Å²) < 4.78 is 1.55. The summed E-state index contributed by atoms with van der Waals surface area (Å²) in [5.41, 5.74) is 7.19. The van der Waals surface area contributed by atoms with Crippen molar-refractivity contribution in [2.45, 2.75) is 13.8 Å². The standard InChI is InChI=1S/C10H7NO.C2H6/c1-11-7-6-8-4-2-3-5-9(8)10(11)12;1-2/h4-7H,1H3;1-2H3. The smallest absolute Gasteiger partial charge is 0.258 e. The molecule has 0 radical (unpaired) electrons. The van der Waals surface area contributed by atoms with Gasteiger partial charge in [0.25, 0.3) is 5.56 Å². The van der Waals surface area contributed by atoms with Crippen LogP contribution in [0.2, 0.25) is 0 Å². The highest BCUT2D eigenvalue weighted by Gasteiger charge is 2.03. The van der Waals surface area contributed by atoms with Crippen LogP contribution in [0.3, 0.4) is 0 Å². The van der Waals surface area contributed by atoms with Gasteiger partial charge in [-0.05, 0) is 17.7 Å². The van der Waals surface area contributed by atoms with Gasteiger partial charge in [0.1, 0.15) is 0 Å². The number of pyridine rings is 1. The summed E-state index contributed by atoms with van der Waals surface area (Å²) in [6.07, 6.45) is 5.17. The van der Waals surface area contributed by atoms with Crippen LogP contribution in [0.15, 0.2) is 28.5 Å². The molecule has 0 atom stereocenters. The Kier molecular flexibility index (Phi) is 3.30. The summed E-state index contributed by atoms with van der Waals surface area (Å²) in [5, 5.41) is 0. The molecule has 1 heterocycles. The average Bonchev–Trinajstić information content (AvgIpc) is 2.27. The molecule has 0 unspecified atom stereocenters. The molecule has 0 aromatic carbocycles. The summed E-state index contributed by atoms with van der Waals surface area (Å²) in [5.74, 6) is 0. The van der Waals surface area contributed by atoms with Gasteiger partial charge in [-0.2, -0.15) is 0 Å². The maximum absolute atomic E-state index is 11.5. The van der Waals surface area contributed by atoms with Crippen molar-refractivity contribution in [1.29, 1.82) is 0 Å². The molecule has 0 saturated carbocycles. The van der Waals surface area contributed by atoms with Gasteiger partial charge in [0.05, 0.1) is 5.56 Å². The third kappa shape index (κ3) is 1.77. The molecule has 0 fully saturated rings. The molecular formula is C12H13NO. The minimum Gasteiger partial charge on any atom is -0.318 e. The number of aryl methyl sites for hydroxylation is 1. The zero-order chi connectivity index (χ0) is 10.6. The van der Waals surface area contributed by atoms with E-state index in [0.717, 1.165) is 5.56 Å². The van der Waals surface area contributed by atoms with Crippen LogP contribution >= 0.6 is 0 Å². The second-order valence-electron chi connectivity index (χ2n) is 2.68. The van der Waals surface area contributed by atoms with Crippen molar-refractivity contribution in [2.75, 3.05) is 0 Å². The number of hydrogen-bond donors (Lipinski definition) is 0. The van der Waals surface area contributed by atoms with Gasteiger partial charge in [-0.25, -0.2) is 0 Å². The van der Waals surface area contributed by atoms with E-state index in [9.17, 15) is 4.79 Å². The first kappa shape index (κ1) is 10.3. The van der Waals surface area contributed by atoms with Gasteiger partial charge < -0.3 is 4.57 Å². The van der Waals surface area contributed by atoms with Crippen LogP contribution in [0.5, 0.6) is 0 Å². The molecule has 72 valence electrons. The number of nitrogens with zero attached hydrogens (tertiary/aromatic N) is 1. The molecule has 1 aromatic rings. The van der Waals surface area contributed by atoms with E-state index < -0.39 is 0 Å². The lowest BCUT2D eigenvalue weighted by Crippen LogP contribution is -2.19. The molecule has 1 aromatic heterocycles. The second-order valence-corrected chi connectivity index (χ2v) is 2.68. The number of fused-ring (bicyclic) bond motifs is 1. The first-order chi connectivity index (χ1) is 6.79. The Balaban J connectivity index is 0.000000461. The fourth-order valence-corrected chi connectivity index (χ4v) is 1.17. The van der Waals surface area contributed by atoms with E-state index in [-0.39, 0.29) is 5.56 Å². The maximum atomic E-state index is 11.5. The predicted molar refractivity (Wildman–Crippen MR) is 59.0 cm³/mol. The molecule has 2 rings (SSSR count). The van der Waals surface area contributed by atoms with Crippen LogP contribution in [0.1, 0.15) is 25.0 Å². The number of aromatic nitrogens is 1. The molecule has 1 aliphatic carbocycles. The molecule has 0 aliphatic heterocycles. The minimum atomic E-state index is 0.0118. The predicted octanol–water partition coefficient (Wildman–Crippen LogP) is 2.21. The fourth-order valence-electron chi connectivity index (χ4n) is 1.17. The largest absolute Gasteiger partial charge is 0.318 e. The Morgan fingerprint density at radius 1 is 1.21 bits per heavy atom. The molecule has 0 bridgehead atoms. The molecule has 0 spiro atoms. The van der Waals surface area contributed by atoms with E-state index in [1.807, 2.05) is 19.9 Å². The highest BCUT2D eigenvalue weighted by Crippen LogP contribution is 2.09. The van der Waals surface area contributed by atoms with Crippen molar-refractivity contribution < 1.29 is 0 Å². The van der Waals surface area contributed by atoms with E-state index >= 15 is 0 Å². The summed E-state index contributed by atoms with van der Waals surface area (Å²) >= 11 is 0. The van der Waals surface area contributed by atoms with Crippen molar-refractivity contribution in [3.8, 4) is 0 Å². The summed E-state index contributed by atoms with van der Waals surface area (Å²) in [7, 11) is 1.73. The zero-order valence-electron chi connectivity index (χ0n) is 8.66. The quantitative estimate of drug-likeness (QED) is 0.579. The Morgan fingerprint density at radius 2 is 1.86 bits per heavy atom. The van der Waals surface area contributed by atoms with Crippen molar-refractivity contribution >= 4 is 12.2 Å². The molecule has 2 heteroatoms. The normalized spacial score (nSPS) is 10.5. The Bertz CT molecular complexity index is 482. The third-order valence-corrected chi connectivity index (χ3v) is 1.87. The van der Waals surface area contributed by atoms with Gasteiger partial charge >= 0.3 is 0 Å². The van der Waals surface area contributed by atoms with Crippen molar-refractivity contribution in [2.24, 2.45) is 7.05 Å². The highest BCUT2D eigenvalue weighted by molar-refractivity contribution is 5.66. The molecule has 0 N–H and O–H groups in total. The SMILES string of the molecule is CC.Cn1ccc2c(c1=O)C=C=C=C2. The van der Waals surface area contributed by atoms with E-state index in [1.54, 1.807) is 30.0 Å². The average molecular weight is 187 g/mol. The van der Waals surface area contributed by atoms with Gasteiger partial charge in [-0.15, -0.1) is 0 Å². The van der Waals surface area contributed by atoms with E-state index in [1.165, 1.54) is 0 Å². The van der Waals surface area contributed by atoms with Crippen LogP contribution in [-0.2, 0) is 7.05 Å². The summed E-state index contributed by atoms with van der Waals surface area (Å²) in [6.45, 7) is 4.00. The summed E-state index contributed by atoms with van der Waals surface area (Å²) in [6, 6.07) is 1.89. The fraction of sp³-hybridized carbons (Fsp3) is 0.250. The van der Waals surface area contributed by atoms with Gasteiger partial charge in [0.2, 0.25) is 0 Å². The van der Waals surface area contributed by atoms with Crippen molar-refractivity contribution in [3.63, 3.8) is 0 Å². The molecular weight excluding hydrogens is 174 g/mol. The molecule has 2 nitrogen and oxygen atoms in total. The number of rotatable bonds is 0. The van der Waals surface area contributed by atoms with E-state index in [2.05, 4.69) is 11.5 Å². The Hall–Kier alpha value is -1.75. The van der Waals surface area contributed by atoms with Crippen LogP contribution in [-0.4, -0.2) is 4.57 Å². The second kappa shape index (κ2) is 4.48. The minimum absolute atomic E-state index is 0.0118. The lowest BCUT2D eigenvalue weighted by Gasteiger charge is -2.02.